The number of nitrogens with two attached hydrogens (primary N) is 1. The molecule has 84 valence electrons. The Bertz CT molecular complexity index is 398. The van der Waals surface area contributed by atoms with Crippen molar-refractivity contribution in [1.82, 2.24) is 4.83 Å². The van der Waals surface area contributed by atoms with Crippen molar-refractivity contribution in [2.24, 2.45) is 5.84 Å². The zero-order valence-electron chi connectivity index (χ0n) is 8.73. The number of unbranched alkanes of at least 4 members (excludes halogenated alkanes) is 1. The molecule has 1 aromatic carbocycles. The maximum atomic E-state index is 11.3. The van der Waals surface area contributed by atoms with Gasteiger partial charge in [-0.3, -0.25) is 5.84 Å². The van der Waals surface area contributed by atoms with Crippen molar-refractivity contribution in [3.8, 4) is 0 Å². The molecular weight excluding hydrogens is 212 g/mol. The smallest absolute Gasteiger partial charge is 0.253 e. The minimum Gasteiger partial charge on any atom is -0.257 e. The fourth-order valence-corrected chi connectivity index (χ4v) is 1.91. The number of rotatable bonds is 5. The molecule has 0 unspecified atom stereocenters. The summed E-state index contributed by atoms with van der Waals surface area (Å²) in [6.07, 6.45) is 3.22. The van der Waals surface area contributed by atoms with E-state index in [4.69, 9.17) is 5.84 Å². The molecule has 0 aromatic heterocycles. The number of hydrogen-bond donors (Lipinski definition) is 2. The van der Waals surface area contributed by atoms with Crippen LogP contribution in [0.5, 0.6) is 0 Å². The zero-order valence-corrected chi connectivity index (χ0v) is 9.55. The fourth-order valence-electron chi connectivity index (χ4n) is 1.28. The second kappa shape index (κ2) is 5.25. The molecule has 5 heteroatoms. The van der Waals surface area contributed by atoms with Crippen LogP contribution in [-0.2, 0) is 16.4 Å². The minimum absolute atomic E-state index is 0.199. The summed E-state index contributed by atoms with van der Waals surface area (Å²) in [5, 5.41) is 0. The van der Waals surface area contributed by atoms with Crippen LogP contribution in [0.2, 0.25) is 0 Å². The lowest BCUT2D eigenvalue weighted by Gasteiger charge is -2.03. The molecule has 0 radical (unpaired) electrons. The van der Waals surface area contributed by atoms with E-state index in [1.807, 2.05) is 12.1 Å². The first-order valence-electron chi connectivity index (χ1n) is 4.91. The van der Waals surface area contributed by atoms with E-state index in [-0.39, 0.29) is 4.90 Å². The van der Waals surface area contributed by atoms with Crippen LogP contribution < -0.4 is 10.7 Å². The van der Waals surface area contributed by atoms with E-state index < -0.39 is 10.0 Å². The van der Waals surface area contributed by atoms with Gasteiger partial charge in [-0.25, -0.2) is 8.42 Å². The molecule has 0 atom stereocenters. The predicted molar refractivity (Wildman–Crippen MR) is 59.6 cm³/mol. The third-order valence-electron chi connectivity index (χ3n) is 2.21. The Labute approximate surface area is 90.5 Å². The molecule has 0 saturated heterocycles. The summed E-state index contributed by atoms with van der Waals surface area (Å²) in [6.45, 7) is 2.12. The predicted octanol–water partition coefficient (Wildman–Crippen LogP) is 1.18. The molecule has 3 N–H and O–H groups in total. The van der Waals surface area contributed by atoms with Gasteiger partial charge in [-0.15, -0.1) is 0 Å². The molecule has 0 bridgehead atoms. The van der Waals surface area contributed by atoms with Gasteiger partial charge in [-0.1, -0.05) is 25.5 Å². The van der Waals surface area contributed by atoms with E-state index in [1.54, 1.807) is 17.0 Å². The normalized spacial score (nSPS) is 11.6. The summed E-state index contributed by atoms with van der Waals surface area (Å²) in [4.78, 5) is 1.99. The molecule has 4 nitrogen and oxygen atoms in total. The Kier molecular flexibility index (Phi) is 4.26. The molecule has 0 saturated carbocycles. The molecular formula is C10H16N2O2S. The van der Waals surface area contributed by atoms with Gasteiger partial charge >= 0.3 is 0 Å². The lowest BCUT2D eigenvalue weighted by Crippen LogP contribution is -2.30. The van der Waals surface area contributed by atoms with Crippen LogP contribution in [0, 0.1) is 0 Å². The average Bonchev–Trinajstić information content (AvgIpc) is 2.27. The van der Waals surface area contributed by atoms with E-state index in [0.717, 1.165) is 24.8 Å². The van der Waals surface area contributed by atoms with Gasteiger partial charge in [0.2, 0.25) is 0 Å². The number of nitrogens with one attached hydrogen (secondary N) is 1. The Balaban J connectivity index is 2.81. The zero-order chi connectivity index (χ0) is 11.3. The van der Waals surface area contributed by atoms with Gasteiger partial charge < -0.3 is 0 Å². The van der Waals surface area contributed by atoms with E-state index in [0.29, 0.717) is 0 Å². The number of sulfonamides is 1. The SMILES string of the molecule is CCCCc1ccc(S(=O)(=O)NN)cc1. The van der Waals surface area contributed by atoms with Crippen LogP contribution in [0.4, 0.5) is 0 Å². The second-order valence-electron chi connectivity index (χ2n) is 3.37. The quantitative estimate of drug-likeness (QED) is 0.587. The van der Waals surface area contributed by atoms with Crippen molar-refractivity contribution in [3.63, 3.8) is 0 Å². The largest absolute Gasteiger partial charge is 0.257 e. The van der Waals surface area contributed by atoms with Gasteiger partial charge in [0, 0.05) is 0 Å². The van der Waals surface area contributed by atoms with Crippen LogP contribution in [0.3, 0.4) is 0 Å². The lowest BCUT2D eigenvalue weighted by atomic mass is 10.1. The van der Waals surface area contributed by atoms with Crippen LogP contribution in [-0.4, -0.2) is 8.42 Å². The lowest BCUT2D eigenvalue weighted by molar-refractivity contribution is 0.584. The third kappa shape index (κ3) is 3.30. The summed E-state index contributed by atoms with van der Waals surface area (Å²) >= 11 is 0. The standard InChI is InChI=1S/C10H16N2O2S/c1-2-3-4-9-5-7-10(8-6-9)15(13,14)12-11/h5-8,12H,2-4,11H2,1H3. The topological polar surface area (TPSA) is 72.2 Å². The number of benzene rings is 1. The summed E-state index contributed by atoms with van der Waals surface area (Å²) in [5.74, 6) is 4.92. The van der Waals surface area contributed by atoms with Crippen LogP contribution in [0.15, 0.2) is 29.2 Å². The first kappa shape index (κ1) is 12.2. The molecule has 0 aliphatic heterocycles. The highest BCUT2D eigenvalue weighted by atomic mass is 32.2. The van der Waals surface area contributed by atoms with Crippen LogP contribution in [0.1, 0.15) is 25.3 Å². The van der Waals surface area contributed by atoms with Crippen molar-refractivity contribution in [1.29, 1.82) is 0 Å². The molecule has 15 heavy (non-hydrogen) atoms. The van der Waals surface area contributed by atoms with Crippen molar-refractivity contribution < 1.29 is 8.42 Å². The van der Waals surface area contributed by atoms with E-state index in [9.17, 15) is 8.42 Å². The fraction of sp³-hybridized carbons (Fsp3) is 0.400. The van der Waals surface area contributed by atoms with Crippen LogP contribution in [0.25, 0.3) is 0 Å². The summed E-state index contributed by atoms with van der Waals surface area (Å²) in [5.41, 5.74) is 1.15. The molecule has 0 spiro atoms. The maximum absolute atomic E-state index is 11.3. The van der Waals surface area contributed by atoms with Gasteiger partial charge in [-0.2, -0.15) is 4.83 Å². The first-order valence-corrected chi connectivity index (χ1v) is 6.40. The third-order valence-corrected chi connectivity index (χ3v) is 3.41. The average molecular weight is 228 g/mol. The number of hydrazine groups is 1. The van der Waals surface area contributed by atoms with Crippen molar-refractivity contribution in [3.05, 3.63) is 29.8 Å². The highest BCUT2D eigenvalue weighted by Crippen LogP contribution is 2.11. The first-order chi connectivity index (χ1) is 7.10. The summed E-state index contributed by atoms with van der Waals surface area (Å²) in [7, 11) is -3.51. The van der Waals surface area contributed by atoms with Gasteiger partial charge in [0.05, 0.1) is 4.90 Å². The Morgan fingerprint density at radius 2 is 1.87 bits per heavy atom. The Hall–Kier alpha value is -0.910. The van der Waals surface area contributed by atoms with Crippen molar-refractivity contribution in [2.75, 3.05) is 0 Å². The van der Waals surface area contributed by atoms with Gasteiger partial charge in [0.25, 0.3) is 10.0 Å². The van der Waals surface area contributed by atoms with Gasteiger partial charge in [-0.05, 0) is 30.5 Å². The second-order valence-corrected chi connectivity index (χ2v) is 5.08. The minimum atomic E-state index is -3.51. The summed E-state index contributed by atoms with van der Waals surface area (Å²) in [6, 6.07) is 6.78. The maximum Gasteiger partial charge on any atom is 0.253 e. The van der Waals surface area contributed by atoms with Gasteiger partial charge in [0.15, 0.2) is 0 Å². The number of hydrogen-bond acceptors (Lipinski definition) is 3. The van der Waals surface area contributed by atoms with Crippen LogP contribution >= 0.6 is 0 Å². The van der Waals surface area contributed by atoms with Crippen molar-refractivity contribution in [2.45, 2.75) is 31.1 Å². The van der Waals surface area contributed by atoms with Gasteiger partial charge in [0.1, 0.15) is 0 Å². The Morgan fingerprint density at radius 1 is 1.27 bits per heavy atom. The molecule has 0 amide bonds. The summed E-state index contributed by atoms with van der Waals surface area (Å²) < 4.78 is 22.6. The monoisotopic (exact) mass is 228 g/mol. The Morgan fingerprint density at radius 3 is 2.33 bits per heavy atom. The van der Waals surface area contributed by atoms with E-state index >= 15 is 0 Å². The molecule has 0 aliphatic carbocycles. The number of aryl methyl sites for hydroxylation is 1. The van der Waals surface area contributed by atoms with Crippen molar-refractivity contribution >= 4 is 10.0 Å². The molecule has 0 heterocycles. The van der Waals surface area contributed by atoms with E-state index in [1.165, 1.54) is 0 Å². The highest BCUT2D eigenvalue weighted by molar-refractivity contribution is 7.89. The molecule has 1 rings (SSSR count). The highest BCUT2D eigenvalue weighted by Gasteiger charge is 2.10. The molecule has 0 aliphatic rings. The molecule has 1 aromatic rings. The molecule has 0 fully saturated rings. The van der Waals surface area contributed by atoms with E-state index in [2.05, 4.69) is 6.92 Å².